The van der Waals surface area contributed by atoms with E-state index < -0.39 is 11.5 Å². The molecule has 1 unspecified atom stereocenters. The maximum absolute atomic E-state index is 12.3. The van der Waals surface area contributed by atoms with Crippen LogP contribution in [0, 0.1) is 31.6 Å². The van der Waals surface area contributed by atoms with Gasteiger partial charge >= 0.3 is 5.97 Å². The van der Waals surface area contributed by atoms with Gasteiger partial charge in [0.1, 0.15) is 11.3 Å². The molecule has 30 heavy (non-hydrogen) atoms. The second kappa shape index (κ2) is 7.07. The molecule has 158 valence electrons. The molecule has 2 aromatic rings. The minimum absolute atomic E-state index is 0.0393. The molecule has 0 radical (unpaired) electrons. The van der Waals surface area contributed by atoms with Gasteiger partial charge in [-0.1, -0.05) is 12.1 Å². The Morgan fingerprint density at radius 2 is 1.63 bits per heavy atom. The summed E-state index contributed by atoms with van der Waals surface area (Å²) >= 11 is 0. The molecule has 0 spiro atoms. The fourth-order valence-corrected chi connectivity index (χ4v) is 4.42. The Balaban J connectivity index is 1.45. The van der Waals surface area contributed by atoms with E-state index in [4.69, 9.17) is 10.5 Å². The first-order valence-electron chi connectivity index (χ1n) is 10.3. The molecule has 0 bridgehead atoms. The lowest BCUT2D eigenvalue weighted by Crippen LogP contribution is -2.30. The predicted octanol–water partition coefficient (Wildman–Crippen LogP) is 2.88. The van der Waals surface area contributed by atoms with Crippen molar-refractivity contribution in [1.82, 2.24) is 9.97 Å². The molecule has 1 saturated heterocycles. The summed E-state index contributed by atoms with van der Waals surface area (Å²) in [5.41, 5.74) is 9.15. The molecule has 1 aliphatic carbocycles. The zero-order chi connectivity index (χ0) is 21.8. The number of rotatable bonds is 4. The molecule has 1 aliphatic heterocycles. The summed E-state index contributed by atoms with van der Waals surface area (Å²) < 4.78 is 5.55. The van der Waals surface area contributed by atoms with Crippen molar-refractivity contribution in [2.24, 2.45) is 23.5 Å². The van der Waals surface area contributed by atoms with E-state index in [0.29, 0.717) is 23.2 Å². The second-order valence-electron chi connectivity index (χ2n) is 9.29. The van der Waals surface area contributed by atoms with E-state index in [1.54, 1.807) is 6.92 Å². The highest BCUT2D eigenvalue weighted by Crippen LogP contribution is 2.53. The maximum Gasteiger partial charge on any atom is 0.310 e. The van der Waals surface area contributed by atoms with Gasteiger partial charge in [-0.25, -0.2) is 4.98 Å². The number of amides is 1. The molecule has 1 saturated carbocycles. The van der Waals surface area contributed by atoms with Gasteiger partial charge in [0.2, 0.25) is 0 Å². The van der Waals surface area contributed by atoms with Crippen LogP contribution in [0.4, 0.5) is 5.69 Å². The summed E-state index contributed by atoms with van der Waals surface area (Å²) in [6.45, 7) is 11.1. The molecule has 1 aromatic carbocycles. The van der Waals surface area contributed by atoms with Crippen LogP contribution in [0.25, 0.3) is 11.3 Å². The quantitative estimate of drug-likeness (QED) is 0.781. The summed E-state index contributed by atoms with van der Waals surface area (Å²) in [5, 5.41) is 0. The van der Waals surface area contributed by atoms with Crippen molar-refractivity contribution >= 4 is 17.6 Å². The number of piperidine rings is 1. The number of nitrogens with zero attached hydrogens (tertiary/aromatic N) is 3. The van der Waals surface area contributed by atoms with Crippen LogP contribution in [0.5, 0.6) is 0 Å². The third-order valence-corrected chi connectivity index (χ3v) is 5.86. The van der Waals surface area contributed by atoms with Crippen LogP contribution in [0.3, 0.4) is 0 Å². The zero-order valence-electron chi connectivity index (χ0n) is 18.1. The number of fused-ring (bicyclic) bond motifs is 1. The van der Waals surface area contributed by atoms with Crippen LogP contribution in [0.1, 0.15) is 42.6 Å². The highest BCUT2D eigenvalue weighted by Gasteiger charge is 2.60. The van der Waals surface area contributed by atoms with Crippen LogP contribution in [-0.2, 0) is 9.53 Å². The summed E-state index contributed by atoms with van der Waals surface area (Å²) in [5.74, 6) is 0.156. The zero-order valence-corrected chi connectivity index (χ0v) is 18.1. The number of aryl methyl sites for hydroxylation is 2. The number of esters is 1. The number of carbonyl (C=O) groups excluding carboxylic acids is 2. The number of primary amides is 1. The third-order valence-electron chi connectivity index (χ3n) is 5.86. The summed E-state index contributed by atoms with van der Waals surface area (Å²) in [6, 6.07) is 8.07. The largest absolute Gasteiger partial charge is 0.460 e. The van der Waals surface area contributed by atoms with Gasteiger partial charge in [-0.3, -0.25) is 14.6 Å². The lowest BCUT2D eigenvalue weighted by Gasteiger charge is -2.24. The van der Waals surface area contributed by atoms with Crippen LogP contribution >= 0.6 is 0 Å². The highest BCUT2D eigenvalue weighted by molar-refractivity contribution is 5.92. The third kappa shape index (κ3) is 3.76. The van der Waals surface area contributed by atoms with Crippen molar-refractivity contribution in [2.45, 2.75) is 40.2 Å². The van der Waals surface area contributed by atoms with Crippen LogP contribution < -0.4 is 10.6 Å². The molecule has 2 fully saturated rings. The van der Waals surface area contributed by atoms with Crippen molar-refractivity contribution in [3.8, 4) is 11.3 Å². The molecule has 2 N–H and O–H groups in total. The van der Waals surface area contributed by atoms with Gasteiger partial charge in [-0.15, -0.1) is 0 Å². The summed E-state index contributed by atoms with van der Waals surface area (Å²) in [6.07, 6.45) is 0. The highest BCUT2D eigenvalue weighted by atomic mass is 16.6. The Morgan fingerprint density at radius 1 is 1.03 bits per heavy atom. The monoisotopic (exact) mass is 408 g/mol. The van der Waals surface area contributed by atoms with E-state index >= 15 is 0 Å². The minimum atomic E-state index is -0.575. The van der Waals surface area contributed by atoms with Gasteiger partial charge < -0.3 is 15.4 Å². The number of nitrogens with two attached hydrogens (primary N) is 1. The van der Waals surface area contributed by atoms with Crippen molar-refractivity contribution in [3.05, 3.63) is 41.3 Å². The number of benzene rings is 1. The molecule has 2 heterocycles. The van der Waals surface area contributed by atoms with Gasteiger partial charge in [0.15, 0.2) is 0 Å². The van der Waals surface area contributed by atoms with Crippen molar-refractivity contribution in [1.29, 1.82) is 0 Å². The van der Waals surface area contributed by atoms with Gasteiger partial charge in [0.05, 0.1) is 23.0 Å². The van der Waals surface area contributed by atoms with E-state index in [0.717, 1.165) is 30.0 Å². The van der Waals surface area contributed by atoms with E-state index in [-0.39, 0.29) is 17.6 Å². The number of ether oxygens (including phenoxy) is 1. The molecular formula is C23H28N4O3. The Labute approximate surface area is 176 Å². The maximum atomic E-state index is 12.3. The fourth-order valence-electron chi connectivity index (χ4n) is 4.42. The van der Waals surface area contributed by atoms with Crippen molar-refractivity contribution < 1.29 is 14.3 Å². The number of aromatic nitrogens is 2. The molecule has 1 amide bonds. The van der Waals surface area contributed by atoms with Gasteiger partial charge in [-0.05, 0) is 58.6 Å². The SMILES string of the molecule is Cc1nc(C)c(-c2ccc(N3C[C@@H]4C(C(=O)OC(C)(C)C)[C@@H]4C3)cc2)nc1C(N)=O. The van der Waals surface area contributed by atoms with Crippen LogP contribution in [-0.4, -0.2) is 40.5 Å². The van der Waals surface area contributed by atoms with E-state index in [2.05, 4.69) is 14.9 Å². The minimum Gasteiger partial charge on any atom is -0.460 e. The fraction of sp³-hybridized carbons (Fsp3) is 0.478. The Morgan fingerprint density at radius 3 is 2.17 bits per heavy atom. The number of anilines is 1. The smallest absolute Gasteiger partial charge is 0.310 e. The number of hydrogen-bond donors (Lipinski definition) is 1. The molecule has 7 nitrogen and oxygen atoms in total. The first-order chi connectivity index (χ1) is 14.0. The summed E-state index contributed by atoms with van der Waals surface area (Å²) in [7, 11) is 0. The van der Waals surface area contributed by atoms with Gasteiger partial charge in [-0.2, -0.15) is 0 Å². The lowest BCUT2D eigenvalue weighted by molar-refractivity contribution is -0.157. The molecule has 3 atom stereocenters. The van der Waals surface area contributed by atoms with E-state index in [9.17, 15) is 9.59 Å². The average Bonchev–Trinajstić information content (AvgIpc) is 3.15. The molecular weight excluding hydrogens is 380 g/mol. The molecule has 4 rings (SSSR count). The molecule has 2 aliphatic rings. The normalized spacial score (nSPS) is 22.6. The van der Waals surface area contributed by atoms with Crippen LogP contribution in [0.15, 0.2) is 24.3 Å². The van der Waals surface area contributed by atoms with E-state index in [1.165, 1.54) is 0 Å². The number of carbonyl (C=O) groups is 2. The standard InChI is InChI=1S/C23H28N4O3/c1-12-19(26-20(21(24)28)13(2)25-12)14-6-8-15(9-7-14)27-10-16-17(11-27)18(16)22(29)30-23(3,4)5/h6-9,16-18H,10-11H2,1-5H3,(H2,24,28)/t16-,17+,18?. The second-order valence-corrected chi connectivity index (χ2v) is 9.29. The van der Waals surface area contributed by atoms with Crippen LogP contribution in [0.2, 0.25) is 0 Å². The van der Waals surface area contributed by atoms with Crippen molar-refractivity contribution in [3.63, 3.8) is 0 Å². The van der Waals surface area contributed by atoms with Gasteiger partial charge in [0, 0.05) is 24.3 Å². The van der Waals surface area contributed by atoms with Crippen molar-refractivity contribution in [2.75, 3.05) is 18.0 Å². The first kappa shape index (κ1) is 20.3. The number of hydrogen-bond acceptors (Lipinski definition) is 6. The Bertz CT molecular complexity index is 998. The lowest BCUT2D eigenvalue weighted by atomic mass is 10.1. The average molecular weight is 409 g/mol. The Kier molecular flexibility index (Phi) is 4.79. The molecule has 7 heteroatoms. The topological polar surface area (TPSA) is 98.4 Å². The van der Waals surface area contributed by atoms with Gasteiger partial charge in [0.25, 0.3) is 5.91 Å². The first-order valence-corrected chi connectivity index (χ1v) is 10.3. The molecule has 1 aromatic heterocycles. The predicted molar refractivity (Wildman–Crippen MR) is 114 cm³/mol. The summed E-state index contributed by atoms with van der Waals surface area (Å²) in [4.78, 5) is 35.1. The Hall–Kier alpha value is -2.96. The van der Waals surface area contributed by atoms with E-state index in [1.807, 2.05) is 52.0 Å².